The Morgan fingerprint density at radius 2 is 2.29 bits per heavy atom. The number of hydrogen-bond donors (Lipinski definition) is 2. The lowest BCUT2D eigenvalue weighted by Crippen LogP contribution is -2.14. The molecule has 3 N–H and O–H groups in total. The zero-order chi connectivity index (χ0) is 12.3. The van der Waals surface area contributed by atoms with Gasteiger partial charge in [0.05, 0.1) is 0 Å². The van der Waals surface area contributed by atoms with Crippen molar-refractivity contribution in [3.8, 4) is 0 Å². The first-order valence-corrected chi connectivity index (χ1v) is 6.25. The van der Waals surface area contributed by atoms with Crippen LogP contribution in [0.5, 0.6) is 0 Å². The van der Waals surface area contributed by atoms with Crippen LogP contribution in [0.1, 0.15) is 10.7 Å². The van der Waals surface area contributed by atoms with Gasteiger partial charge in [-0.15, -0.1) is 10.2 Å². The summed E-state index contributed by atoms with van der Waals surface area (Å²) >= 11 is 2.88. The number of nitrogens with zero attached hydrogens (tertiary/aromatic N) is 4. The Hall–Kier alpha value is -1.67. The zero-order valence-electron chi connectivity index (χ0n) is 8.86. The fourth-order valence-electron chi connectivity index (χ4n) is 1.07. The number of rotatable bonds is 3. The van der Waals surface area contributed by atoms with Crippen molar-refractivity contribution in [3.63, 3.8) is 0 Å². The maximum absolute atomic E-state index is 8.57. The minimum Gasteiger partial charge on any atom is -0.409 e. The summed E-state index contributed by atoms with van der Waals surface area (Å²) in [6.45, 7) is 1.89. The van der Waals surface area contributed by atoms with Crippen LogP contribution >= 0.6 is 23.1 Å². The monoisotopic (exact) mass is 267 g/mol. The quantitative estimate of drug-likeness (QED) is 0.378. The second-order valence-electron chi connectivity index (χ2n) is 3.04. The smallest absolute Gasteiger partial charge is 0.188 e. The van der Waals surface area contributed by atoms with Gasteiger partial charge in [0, 0.05) is 0 Å². The maximum Gasteiger partial charge on any atom is 0.188 e. The summed E-state index contributed by atoms with van der Waals surface area (Å²) in [6, 6.07) is 5.29. The van der Waals surface area contributed by atoms with Crippen molar-refractivity contribution < 1.29 is 5.21 Å². The second-order valence-corrected chi connectivity index (χ2v) is 5.48. The number of aromatic nitrogens is 3. The molecule has 6 nitrogen and oxygen atoms in total. The molecule has 0 unspecified atom stereocenters. The van der Waals surface area contributed by atoms with E-state index in [2.05, 4.69) is 20.3 Å². The summed E-state index contributed by atoms with van der Waals surface area (Å²) < 4.78 is 0.812. The standard InChI is InChI=1S/C9H9N5OS2/c1-5-12-13-9(16-5)17-7-4-2-3-6(11-7)8(10)14-15/h2-4,15H,1H3,(H2,10,14). The van der Waals surface area contributed by atoms with Gasteiger partial charge in [0.15, 0.2) is 10.2 Å². The number of hydrogen-bond acceptors (Lipinski definition) is 7. The number of nitrogens with two attached hydrogens (primary N) is 1. The Bertz CT molecular complexity index is 554. The Kier molecular flexibility index (Phi) is 3.55. The molecular formula is C9H9N5OS2. The maximum atomic E-state index is 8.57. The Labute approximate surface area is 106 Å². The molecule has 8 heteroatoms. The van der Waals surface area contributed by atoms with Crippen molar-refractivity contribution in [2.45, 2.75) is 16.3 Å². The Balaban J connectivity index is 2.22. The van der Waals surface area contributed by atoms with Crippen LogP contribution in [0.2, 0.25) is 0 Å². The van der Waals surface area contributed by atoms with E-state index in [-0.39, 0.29) is 5.84 Å². The molecule has 0 aromatic carbocycles. The summed E-state index contributed by atoms with van der Waals surface area (Å²) in [5.74, 6) is -0.0131. The normalized spacial score (nSPS) is 11.7. The van der Waals surface area contributed by atoms with Crippen molar-refractivity contribution in [2.24, 2.45) is 10.9 Å². The molecule has 0 spiro atoms. The van der Waals surface area contributed by atoms with Crippen molar-refractivity contribution in [1.29, 1.82) is 0 Å². The average Bonchev–Trinajstić information content (AvgIpc) is 2.74. The largest absolute Gasteiger partial charge is 0.409 e. The average molecular weight is 267 g/mol. The third-order valence-electron chi connectivity index (χ3n) is 1.79. The minimum absolute atomic E-state index is 0.0131. The van der Waals surface area contributed by atoms with Gasteiger partial charge in [-0.05, 0) is 30.8 Å². The third-order valence-corrected chi connectivity index (χ3v) is 3.62. The topological polar surface area (TPSA) is 97.3 Å². The SMILES string of the molecule is Cc1nnc(Sc2cccc(C(N)=NO)n2)s1. The van der Waals surface area contributed by atoms with Crippen LogP contribution in [0.4, 0.5) is 0 Å². The number of pyridine rings is 1. The number of amidine groups is 1. The van der Waals surface area contributed by atoms with Gasteiger partial charge in [0.25, 0.3) is 0 Å². The molecule has 0 aliphatic rings. The molecule has 0 fully saturated rings. The first kappa shape index (κ1) is 11.8. The molecule has 2 aromatic heterocycles. The van der Waals surface area contributed by atoms with Crippen molar-refractivity contribution in [1.82, 2.24) is 15.2 Å². The molecule has 0 saturated heterocycles. The van der Waals surface area contributed by atoms with Crippen LogP contribution in [-0.4, -0.2) is 26.2 Å². The number of aryl methyl sites for hydroxylation is 1. The third kappa shape index (κ3) is 2.92. The molecule has 2 rings (SSSR count). The van der Waals surface area contributed by atoms with E-state index in [1.807, 2.05) is 13.0 Å². The molecule has 0 amide bonds. The Morgan fingerprint density at radius 1 is 1.47 bits per heavy atom. The first-order valence-electron chi connectivity index (χ1n) is 4.62. The van der Waals surface area contributed by atoms with Gasteiger partial charge in [-0.1, -0.05) is 22.6 Å². The van der Waals surface area contributed by atoms with Crippen LogP contribution in [0.15, 0.2) is 32.7 Å². The van der Waals surface area contributed by atoms with E-state index >= 15 is 0 Å². The van der Waals surface area contributed by atoms with Crippen molar-refractivity contribution in [3.05, 3.63) is 28.9 Å². The van der Waals surface area contributed by atoms with Gasteiger partial charge in [-0.25, -0.2) is 4.98 Å². The zero-order valence-corrected chi connectivity index (χ0v) is 10.5. The molecule has 2 heterocycles. The van der Waals surface area contributed by atoms with Gasteiger partial charge < -0.3 is 10.9 Å². The molecule has 0 aliphatic heterocycles. The van der Waals surface area contributed by atoms with Gasteiger partial charge in [-0.2, -0.15) is 0 Å². The highest BCUT2D eigenvalue weighted by Crippen LogP contribution is 2.28. The molecule has 0 bridgehead atoms. The van der Waals surface area contributed by atoms with E-state index in [9.17, 15) is 0 Å². The fourth-order valence-corrected chi connectivity index (χ4v) is 2.83. The highest BCUT2D eigenvalue weighted by atomic mass is 32.2. The van der Waals surface area contributed by atoms with Gasteiger partial charge in [0.2, 0.25) is 0 Å². The molecule has 2 aromatic rings. The van der Waals surface area contributed by atoms with Gasteiger partial charge in [-0.3, -0.25) is 0 Å². The summed E-state index contributed by atoms with van der Waals surface area (Å²) in [6.07, 6.45) is 0. The second kappa shape index (κ2) is 5.11. The van der Waals surface area contributed by atoms with Crippen LogP contribution in [-0.2, 0) is 0 Å². The van der Waals surface area contributed by atoms with E-state index in [0.29, 0.717) is 5.69 Å². The fraction of sp³-hybridized carbons (Fsp3) is 0.111. The van der Waals surface area contributed by atoms with E-state index in [1.165, 1.54) is 23.1 Å². The van der Waals surface area contributed by atoms with Crippen molar-refractivity contribution >= 4 is 28.9 Å². The van der Waals surface area contributed by atoms with E-state index < -0.39 is 0 Å². The summed E-state index contributed by atoms with van der Waals surface area (Å²) in [5, 5.41) is 21.0. The van der Waals surface area contributed by atoms with Crippen LogP contribution in [0.25, 0.3) is 0 Å². The van der Waals surface area contributed by atoms with Gasteiger partial charge in [0.1, 0.15) is 15.7 Å². The first-order chi connectivity index (χ1) is 8.19. The summed E-state index contributed by atoms with van der Waals surface area (Å²) in [5.41, 5.74) is 5.89. The molecule has 0 saturated carbocycles. The minimum atomic E-state index is -0.0131. The molecule has 88 valence electrons. The molecule has 17 heavy (non-hydrogen) atoms. The van der Waals surface area contributed by atoms with Crippen LogP contribution in [0, 0.1) is 6.92 Å². The van der Waals surface area contributed by atoms with Crippen LogP contribution < -0.4 is 5.73 Å². The summed E-state index contributed by atoms with van der Waals surface area (Å²) in [4.78, 5) is 4.23. The lowest BCUT2D eigenvalue weighted by Gasteiger charge is -2.00. The molecular weight excluding hydrogens is 258 g/mol. The van der Waals surface area contributed by atoms with E-state index in [4.69, 9.17) is 10.9 Å². The molecule has 0 radical (unpaired) electrons. The van der Waals surface area contributed by atoms with E-state index in [1.54, 1.807) is 12.1 Å². The van der Waals surface area contributed by atoms with E-state index in [0.717, 1.165) is 14.4 Å². The predicted molar refractivity (Wildman–Crippen MR) is 65.5 cm³/mol. The van der Waals surface area contributed by atoms with Gasteiger partial charge >= 0.3 is 0 Å². The number of oxime groups is 1. The highest BCUT2D eigenvalue weighted by molar-refractivity contribution is 8.01. The lowest BCUT2D eigenvalue weighted by atomic mass is 10.3. The molecule has 0 aliphatic carbocycles. The summed E-state index contributed by atoms with van der Waals surface area (Å²) in [7, 11) is 0. The van der Waals surface area contributed by atoms with Crippen LogP contribution in [0.3, 0.4) is 0 Å². The Morgan fingerprint density at radius 3 is 2.94 bits per heavy atom. The van der Waals surface area contributed by atoms with Crippen molar-refractivity contribution in [2.75, 3.05) is 0 Å². The highest BCUT2D eigenvalue weighted by Gasteiger charge is 2.07. The lowest BCUT2D eigenvalue weighted by molar-refractivity contribution is 0.318. The molecule has 0 atom stereocenters. The predicted octanol–water partition coefficient (Wildman–Crippen LogP) is 1.49.